The van der Waals surface area contributed by atoms with Crippen LogP contribution in [0.2, 0.25) is 0 Å². The molecule has 3 nitrogen and oxygen atoms in total. The molecule has 2 aromatic carbocycles. The third kappa shape index (κ3) is 3.92. The van der Waals surface area contributed by atoms with Crippen molar-refractivity contribution in [1.29, 1.82) is 0 Å². The maximum atomic E-state index is 12.4. The van der Waals surface area contributed by atoms with E-state index >= 15 is 0 Å². The lowest BCUT2D eigenvalue weighted by Gasteiger charge is -2.22. The molecule has 0 aromatic heterocycles. The van der Waals surface area contributed by atoms with E-state index in [-0.39, 0.29) is 6.03 Å². The first kappa shape index (κ1) is 15.6. The van der Waals surface area contributed by atoms with E-state index in [9.17, 15) is 4.79 Å². The van der Waals surface area contributed by atoms with E-state index in [0.29, 0.717) is 12.6 Å². The summed E-state index contributed by atoms with van der Waals surface area (Å²) in [6, 6.07) is 19.0. The maximum absolute atomic E-state index is 12.4. The molecule has 120 valence electrons. The first-order valence-electron chi connectivity index (χ1n) is 8.39. The first-order chi connectivity index (χ1) is 11.2. The fourth-order valence-electron chi connectivity index (χ4n) is 3.24. The monoisotopic (exact) mass is 308 g/mol. The summed E-state index contributed by atoms with van der Waals surface area (Å²) in [5, 5.41) is 3.15. The van der Waals surface area contributed by atoms with Crippen LogP contribution in [0.3, 0.4) is 0 Å². The van der Waals surface area contributed by atoms with Gasteiger partial charge in [0.2, 0.25) is 0 Å². The van der Waals surface area contributed by atoms with Crippen LogP contribution in [0.1, 0.15) is 31.2 Å². The zero-order chi connectivity index (χ0) is 16.1. The fraction of sp³-hybridized carbons (Fsp3) is 0.350. The van der Waals surface area contributed by atoms with Crippen LogP contribution in [0, 0.1) is 0 Å². The quantitative estimate of drug-likeness (QED) is 0.890. The predicted molar refractivity (Wildman–Crippen MR) is 94.1 cm³/mol. The average Bonchev–Trinajstić information content (AvgIpc) is 3.09. The molecule has 2 amide bonds. The molecule has 3 rings (SSSR count). The highest BCUT2D eigenvalue weighted by molar-refractivity contribution is 5.75. The Hall–Kier alpha value is -2.29. The molecule has 1 aliphatic carbocycles. The Bertz CT molecular complexity index is 648. The average molecular weight is 308 g/mol. The second kappa shape index (κ2) is 7.32. The molecule has 23 heavy (non-hydrogen) atoms. The Labute approximate surface area is 138 Å². The number of carbonyl (C=O) groups is 1. The number of nitrogens with zero attached hydrogens (tertiary/aromatic N) is 1. The van der Waals surface area contributed by atoms with E-state index in [1.54, 1.807) is 4.90 Å². The highest BCUT2D eigenvalue weighted by Gasteiger charge is 2.19. The number of rotatable bonds is 4. The van der Waals surface area contributed by atoms with Gasteiger partial charge < -0.3 is 10.2 Å². The lowest BCUT2D eigenvalue weighted by Crippen LogP contribution is -2.41. The van der Waals surface area contributed by atoms with Gasteiger partial charge >= 0.3 is 6.03 Å². The minimum absolute atomic E-state index is 0.0276. The number of nitrogens with one attached hydrogen (secondary N) is 1. The van der Waals surface area contributed by atoms with Crippen LogP contribution >= 0.6 is 0 Å². The third-order valence-electron chi connectivity index (χ3n) is 4.54. The molecule has 0 spiro atoms. The topological polar surface area (TPSA) is 32.3 Å². The van der Waals surface area contributed by atoms with Crippen molar-refractivity contribution >= 4 is 6.03 Å². The molecule has 0 saturated heterocycles. The van der Waals surface area contributed by atoms with Crippen molar-refractivity contribution in [2.75, 3.05) is 7.05 Å². The van der Waals surface area contributed by atoms with Crippen molar-refractivity contribution in [2.24, 2.45) is 0 Å². The summed E-state index contributed by atoms with van der Waals surface area (Å²) in [4.78, 5) is 14.1. The van der Waals surface area contributed by atoms with Crippen molar-refractivity contribution in [2.45, 2.75) is 38.3 Å². The molecule has 1 fully saturated rings. The number of carbonyl (C=O) groups excluding carboxylic acids is 1. The summed E-state index contributed by atoms with van der Waals surface area (Å²) in [6.07, 6.45) is 4.68. The summed E-state index contributed by atoms with van der Waals surface area (Å²) in [6.45, 7) is 0.615. The van der Waals surface area contributed by atoms with Gasteiger partial charge in [-0.05, 0) is 29.5 Å². The normalized spacial score (nSPS) is 14.7. The van der Waals surface area contributed by atoms with Gasteiger partial charge in [0, 0.05) is 19.6 Å². The van der Waals surface area contributed by atoms with Crippen molar-refractivity contribution in [1.82, 2.24) is 10.2 Å². The number of hydrogen-bond donors (Lipinski definition) is 1. The zero-order valence-electron chi connectivity index (χ0n) is 13.7. The largest absolute Gasteiger partial charge is 0.335 e. The Morgan fingerprint density at radius 1 is 1.04 bits per heavy atom. The molecule has 0 aliphatic heterocycles. The van der Waals surface area contributed by atoms with E-state index in [2.05, 4.69) is 29.6 Å². The second-order valence-electron chi connectivity index (χ2n) is 6.31. The van der Waals surface area contributed by atoms with Gasteiger partial charge in [-0.3, -0.25) is 0 Å². The van der Waals surface area contributed by atoms with Crippen molar-refractivity contribution in [3.63, 3.8) is 0 Å². The minimum atomic E-state index is 0.0276. The van der Waals surface area contributed by atoms with Crippen LogP contribution in [-0.2, 0) is 6.54 Å². The standard InChI is InChI=1S/C20H24N2O/c1-22(20(23)21-18-12-6-7-13-18)15-17-11-5-8-14-19(17)16-9-3-2-4-10-16/h2-5,8-11,14,18H,6-7,12-13,15H2,1H3,(H,21,23). The van der Waals surface area contributed by atoms with Crippen LogP contribution in [0.5, 0.6) is 0 Å². The summed E-state index contributed by atoms with van der Waals surface area (Å²) in [7, 11) is 1.87. The SMILES string of the molecule is CN(Cc1ccccc1-c1ccccc1)C(=O)NC1CCCC1. The van der Waals surface area contributed by atoms with Crippen LogP contribution in [0.15, 0.2) is 54.6 Å². The van der Waals surface area contributed by atoms with E-state index in [1.807, 2.05) is 37.4 Å². The Balaban J connectivity index is 1.71. The molecule has 2 aromatic rings. The van der Waals surface area contributed by atoms with Gasteiger partial charge in [-0.25, -0.2) is 4.79 Å². The lowest BCUT2D eigenvalue weighted by molar-refractivity contribution is 0.203. The van der Waals surface area contributed by atoms with Gasteiger partial charge in [-0.1, -0.05) is 67.4 Å². The van der Waals surface area contributed by atoms with Gasteiger partial charge in [0.15, 0.2) is 0 Å². The van der Waals surface area contributed by atoms with Crippen LogP contribution in [-0.4, -0.2) is 24.0 Å². The molecule has 0 bridgehead atoms. The van der Waals surface area contributed by atoms with Gasteiger partial charge in [-0.2, -0.15) is 0 Å². The van der Waals surface area contributed by atoms with Crippen LogP contribution < -0.4 is 5.32 Å². The molecule has 0 atom stereocenters. The summed E-state index contributed by atoms with van der Waals surface area (Å²) >= 11 is 0. The molecule has 0 heterocycles. The molecule has 1 aliphatic rings. The molecule has 3 heteroatoms. The number of urea groups is 1. The summed E-state index contributed by atoms with van der Waals surface area (Å²) in [5.74, 6) is 0. The maximum Gasteiger partial charge on any atom is 0.317 e. The highest BCUT2D eigenvalue weighted by atomic mass is 16.2. The lowest BCUT2D eigenvalue weighted by atomic mass is 9.99. The van der Waals surface area contributed by atoms with Gasteiger partial charge in [-0.15, -0.1) is 0 Å². The molecule has 1 N–H and O–H groups in total. The second-order valence-corrected chi connectivity index (χ2v) is 6.31. The molecule has 0 unspecified atom stereocenters. The molecule has 1 saturated carbocycles. The zero-order valence-corrected chi connectivity index (χ0v) is 13.7. The Morgan fingerprint density at radius 3 is 2.43 bits per heavy atom. The number of amides is 2. The molecular formula is C20H24N2O. The van der Waals surface area contributed by atoms with E-state index in [4.69, 9.17) is 0 Å². The third-order valence-corrected chi connectivity index (χ3v) is 4.54. The predicted octanol–water partition coefficient (Wildman–Crippen LogP) is 4.44. The summed E-state index contributed by atoms with van der Waals surface area (Å²) < 4.78 is 0. The van der Waals surface area contributed by atoms with Gasteiger partial charge in [0.25, 0.3) is 0 Å². The first-order valence-corrected chi connectivity index (χ1v) is 8.39. The van der Waals surface area contributed by atoms with Gasteiger partial charge in [0.1, 0.15) is 0 Å². The number of benzene rings is 2. The van der Waals surface area contributed by atoms with Crippen molar-refractivity contribution in [3.8, 4) is 11.1 Å². The van der Waals surface area contributed by atoms with Gasteiger partial charge in [0.05, 0.1) is 0 Å². The Kier molecular flexibility index (Phi) is 4.96. The smallest absolute Gasteiger partial charge is 0.317 e. The van der Waals surface area contributed by atoms with Crippen molar-refractivity contribution < 1.29 is 4.79 Å². The van der Waals surface area contributed by atoms with Crippen LogP contribution in [0.25, 0.3) is 11.1 Å². The minimum Gasteiger partial charge on any atom is -0.335 e. The summed E-state index contributed by atoms with van der Waals surface area (Å²) in [5.41, 5.74) is 3.55. The fourth-order valence-corrected chi connectivity index (χ4v) is 3.24. The Morgan fingerprint density at radius 2 is 1.70 bits per heavy atom. The number of hydrogen-bond acceptors (Lipinski definition) is 1. The molecule has 0 radical (unpaired) electrons. The van der Waals surface area contributed by atoms with E-state index < -0.39 is 0 Å². The highest BCUT2D eigenvalue weighted by Crippen LogP contribution is 2.24. The van der Waals surface area contributed by atoms with Crippen LogP contribution in [0.4, 0.5) is 4.79 Å². The molecular weight excluding hydrogens is 284 g/mol. The van der Waals surface area contributed by atoms with E-state index in [1.165, 1.54) is 29.5 Å². The van der Waals surface area contributed by atoms with Crippen molar-refractivity contribution in [3.05, 3.63) is 60.2 Å². The van der Waals surface area contributed by atoms with E-state index in [0.717, 1.165) is 12.8 Å².